The number of hydrogen-bond acceptors (Lipinski definition) is 2. The highest BCUT2D eigenvalue weighted by atomic mass is 16.3. The maximum atomic E-state index is 9.43. The van der Waals surface area contributed by atoms with Gasteiger partial charge in [0.15, 0.2) is 0 Å². The molecule has 17 heavy (non-hydrogen) atoms. The van der Waals surface area contributed by atoms with Gasteiger partial charge in [-0.3, -0.25) is 0 Å². The molecule has 0 amide bonds. The topological polar surface area (TPSA) is 23.5 Å². The number of aliphatic hydroxyl groups is 1. The van der Waals surface area contributed by atoms with E-state index >= 15 is 0 Å². The van der Waals surface area contributed by atoms with Crippen LogP contribution in [0, 0.1) is 23.2 Å². The van der Waals surface area contributed by atoms with Gasteiger partial charge in [0.25, 0.3) is 0 Å². The Hall–Kier alpha value is -0.0800. The van der Waals surface area contributed by atoms with E-state index in [1.807, 2.05) is 0 Å². The molecule has 0 aromatic carbocycles. The predicted octanol–water partition coefficient (Wildman–Crippen LogP) is 2.76. The second-order valence-electron chi connectivity index (χ2n) is 7.27. The molecule has 1 aliphatic carbocycles. The summed E-state index contributed by atoms with van der Waals surface area (Å²) in [7, 11) is 0. The molecular weight excluding hydrogens is 210 g/mol. The average Bonchev–Trinajstić information content (AvgIpc) is 2.21. The van der Waals surface area contributed by atoms with Crippen molar-refractivity contribution in [2.45, 2.75) is 46.5 Å². The molecule has 0 radical (unpaired) electrons. The molecule has 2 nitrogen and oxygen atoms in total. The quantitative estimate of drug-likeness (QED) is 0.818. The lowest BCUT2D eigenvalue weighted by molar-refractivity contribution is -0.00407. The summed E-state index contributed by atoms with van der Waals surface area (Å²) in [6.07, 6.45) is 5.28. The summed E-state index contributed by atoms with van der Waals surface area (Å²) >= 11 is 0. The van der Waals surface area contributed by atoms with Crippen molar-refractivity contribution in [3.05, 3.63) is 0 Å². The van der Waals surface area contributed by atoms with E-state index in [0.29, 0.717) is 17.9 Å². The highest BCUT2D eigenvalue weighted by molar-refractivity contribution is 4.90. The molecule has 1 heterocycles. The Morgan fingerprint density at radius 2 is 1.65 bits per heavy atom. The van der Waals surface area contributed by atoms with Crippen molar-refractivity contribution in [3.63, 3.8) is 0 Å². The van der Waals surface area contributed by atoms with Crippen molar-refractivity contribution in [2.24, 2.45) is 23.2 Å². The number of nitrogens with zero attached hydrogens (tertiary/aromatic N) is 1. The van der Waals surface area contributed by atoms with E-state index in [1.165, 1.54) is 45.3 Å². The summed E-state index contributed by atoms with van der Waals surface area (Å²) in [6.45, 7) is 11.2. The maximum absolute atomic E-state index is 9.43. The van der Waals surface area contributed by atoms with Gasteiger partial charge in [-0.2, -0.15) is 0 Å². The Morgan fingerprint density at radius 1 is 1.06 bits per heavy atom. The van der Waals surface area contributed by atoms with Crippen LogP contribution in [0.25, 0.3) is 0 Å². The minimum absolute atomic E-state index is 0.404. The zero-order valence-electron chi connectivity index (χ0n) is 11.8. The molecule has 100 valence electrons. The molecule has 2 unspecified atom stereocenters. The summed E-state index contributed by atoms with van der Waals surface area (Å²) in [4.78, 5) is 2.61. The van der Waals surface area contributed by atoms with Crippen molar-refractivity contribution in [1.82, 2.24) is 4.90 Å². The van der Waals surface area contributed by atoms with Crippen molar-refractivity contribution in [1.29, 1.82) is 0 Å². The zero-order valence-corrected chi connectivity index (χ0v) is 11.8. The minimum Gasteiger partial charge on any atom is -0.396 e. The number of rotatable bonds is 3. The third-order valence-corrected chi connectivity index (χ3v) is 4.98. The van der Waals surface area contributed by atoms with Crippen LogP contribution < -0.4 is 0 Å². The van der Waals surface area contributed by atoms with Crippen molar-refractivity contribution in [3.8, 4) is 0 Å². The maximum Gasteiger partial charge on any atom is 0.0462 e. The minimum atomic E-state index is 0.404. The molecular formula is C15H29NO. The molecule has 2 heteroatoms. The van der Waals surface area contributed by atoms with Crippen LogP contribution in [0.15, 0.2) is 0 Å². The van der Waals surface area contributed by atoms with Gasteiger partial charge in [-0.1, -0.05) is 33.6 Å². The Bertz CT molecular complexity index is 240. The first kappa shape index (κ1) is 13.4. The summed E-state index contributed by atoms with van der Waals surface area (Å²) in [5.41, 5.74) is 0.472. The molecule has 2 aliphatic rings. The van der Waals surface area contributed by atoms with Gasteiger partial charge in [0.1, 0.15) is 0 Å². The normalized spacial score (nSPS) is 32.5. The van der Waals surface area contributed by atoms with E-state index in [2.05, 4.69) is 25.7 Å². The van der Waals surface area contributed by atoms with Crippen LogP contribution in [-0.2, 0) is 0 Å². The van der Waals surface area contributed by atoms with E-state index in [9.17, 15) is 5.11 Å². The molecule has 0 spiro atoms. The second-order valence-corrected chi connectivity index (χ2v) is 7.27. The molecule has 1 saturated heterocycles. The SMILES string of the molecule is CC(C)(C)C1CN(CC2CCCCC2CO)C1. The average molecular weight is 239 g/mol. The molecule has 2 atom stereocenters. The number of aliphatic hydroxyl groups excluding tert-OH is 1. The van der Waals surface area contributed by atoms with E-state index < -0.39 is 0 Å². The molecule has 0 aromatic heterocycles. The number of likely N-dealkylation sites (tertiary alicyclic amines) is 1. The van der Waals surface area contributed by atoms with Crippen LogP contribution >= 0.6 is 0 Å². The van der Waals surface area contributed by atoms with Gasteiger partial charge in [-0.15, -0.1) is 0 Å². The monoisotopic (exact) mass is 239 g/mol. The van der Waals surface area contributed by atoms with Crippen LogP contribution in [0.5, 0.6) is 0 Å². The van der Waals surface area contributed by atoms with Gasteiger partial charge < -0.3 is 10.0 Å². The van der Waals surface area contributed by atoms with Gasteiger partial charge in [0, 0.05) is 26.2 Å². The largest absolute Gasteiger partial charge is 0.396 e. The van der Waals surface area contributed by atoms with Crippen LogP contribution in [-0.4, -0.2) is 36.2 Å². The molecule has 1 N–H and O–H groups in total. The summed E-state index contributed by atoms with van der Waals surface area (Å²) < 4.78 is 0. The fourth-order valence-electron chi connectivity index (χ4n) is 3.36. The van der Waals surface area contributed by atoms with Crippen LogP contribution in [0.2, 0.25) is 0 Å². The lowest BCUT2D eigenvalue weighted by Crippen LogP contribution is -2.54. The Labute approximate surface area is 106 Å². The fourth-order valence-corrected chi connectivity index (χ4v) is 3.36. The first-order chi connectivity index (χ1) is 8.00. The third-order valence-electron chi connectivity index (χ3n) is 4.98. The summed E-state index contributed by atoms with van der Waals surface area (Å²) in [5.74, 6) is 2.21. The second kappa shape index (κ2) is 5.27. The van der Waals surface area contributed by atoms with E-state index in [4.69, 9.17) is 0 Å². The van der Waals surface area contributed by atoms with Crippen LogP contribution in [0.1, 0.15) is 46.5 Å². The molecule has 0 bridgehead atoms. The highest BCUT2D eigenvalue weighted by Crippen LogP contribution is 2.36. The highest BCUT2D eigenvalue weighted by Gasteiger charge is 2.37. The van der Waals surface area contributed by atoms with Crippen molar-refractivity contribution < 1.29 is 5.11 Å². The lowest BCUT2D eigenvalue weighted by Gasteiger charge is -2.48. The Kier molecular flexibility index (Phi) is 4.14. The standard InChI is InChI=1S/C15H29NO/c1-15(2,3)14-9-16(10-14)8-12-6-4-5-7-13(12)11-17/h12-14,17H,4-11H2,1-3H3. The number of hydrogen-bond donors (Lipinski definition) is 1. The van der Waals surface area contributed by atoms with Gasteiger partial charge in [-0.05, 0) is 36.0 Å². The van der Waals surface area contributed by atoms with Gasteiger partial charge >= 0.3 is 0 Å². The fraction of sp³-hybridized carbons (Fsp3) is 1.00. The smallest absolute Gasteiger partial charge is 0.0462 e. The van der Waals surface area contributed by atoms with E-state index in [1.54, 1.807) is 0 Å². The molecule has 2 fully saturated rings. The molecule has 2 rings (SSSR count). The Balaban J connectivity index is 1.75. The van der Waals surface area contributed by atoms with Crippen LogP contribution in [0.3, 0.4) is 0 Å². The summed E-state index contributed by atoms with van der Waals surface area (Å²) in [6, 6.07) is 0. The van der Waals surface area contributed by atoms with Gasteiger partial charge in [0.2, 0.25) is 0 Å². The van der Waals surface area contributed by atoms with E-state index in [0.717, 1.165) is 11.8 Å². The first-order valence-electron chi connectivity index (χ1n) is 7.34. The van der Waals surface area contributed by atoms with Crippen molar-refractivity contribution >= 4 is 0 Å². The molecule has 1 saturated carbocycles. The van der Waals surface area contributed by atoms with Crippen molar-refractivity contribution in [2.75, 3.05) is 26.2 Å². The van der Waals surface area contributed by atoms with Gasteiger partial charge in [-0.25, -0.2) is 0 Å². The van der Waals surface area contributed by atoms with Gasteiger partial charge in [0.05, 0.1) is 0 Å². The predicted molar refractivity (Wildman–Crippen MR) is 71.9 cm³/mol. The Morgan fingerprint density at radius 3 is 2.18 bits per heavy atom. The molecule has 1 aliphatic heterocycles. The zero-order chi connectivity index (χ0) is 12.5. The first-order valence-corrected chi connectivity index (χ1v) is 7.34. The van der Waals surface area contributed by atoms with E-state index in [-0.39, 0.29) is 0 Å². The molecule has 0 aromatic rings. The third kappa shape index (κ3) is 3.23. The summed E-state index contributed by atoms with van der Waals surface area (Å²) in [5, 5.41) is 9.43. The lowest BCUT2D eigenvalue weighted by atomic mass is 9.74. The van der Waals surface area contributed by atoms with Crippen LogP contribution in [0.4, 0.5) is 0 Å².